The van der Waals surface area contributed by atoms with Crippen molar-refractivity contribution in [3.63, 3.8) is 0 Å². The molecule has 1 aromatic rings. The second-order valence-electron chi connectivity index (χ2n) is 2.95. The zero-order valence-electron chi connectivity index (χ0n) is 8.44. The van der Waals surface area contributed by atoms with E-state index in [9.17, 15) is 9.59 Å². The van der Waals surface area contributed by atoms with E-state index in [1.165, 1.54) is 13.1 Å². The van der Waals surface area contributed by atoms with Gasteiger partial charge in [0.05, 0.1) is 6.20 Å². The molecular formula is C9H10BrN3O3. The molecule has 0 saturated heterocycles. The first-order chi connectivity index (χ1) is 7.49. The van der Waals surface area contributed by atoms with Gasteiger partial charge in [-0.25, -0.2) is 4.79 Å². The lowest BCUT2D eigenvalue weighted by atomic mass is 10.3. The Morgan fingerprint density at radius 2 is 2.25 bits per heavy atom. The smallest absolute Gasteiger partial charge is 0.318 e. The Hall–Kier alpha value is -1.63. The number of carbonyl (C=O) groups excluding carboxylic acids is 2. The Morgan fingerprint density at radius 3 is 2.81 bits per heavy atom. The Bertz CT molecular complexity index is 411. The minimum atomic E-state index is -0.909. The molecular weight excluding hydrogens is 278 g/mol. The van der Waals surface area contributed by atoms with Gasteiger partial charge in [0.1, 0.15) is 5.75 Å². The van der Waals surface area contributed by atoms with Crippen LogP contribution >= 0.6 is 15.9 Å². The minimum Gasteiger partial charge on any atom is -0.479 e. The molecule has 0 spiro atoms. The summed E-state index contributed by atoms with van der Waals surface area (Å²) in [5.41, 5.74) is 4.80. The van der Waals surface area contributed by atoms with Crippen LogP contribution < -0.4 is 15.8 Å². The fourth-order valence-electron chi connectivity index (χ4n) is 0.938. The molecule has 0 fully saturated rings. The third-order valence-corrected chi connectivity index (χ3v) is 2.04. The summed E-state index contributed by atoms with van der Waals surface area (Å²) in [7, 11) is 0. The number of nitrogens with two attached hydrogens (primary N) is 1. The van der Waals surface area contributed by atoms with Gasteiger partial charge in [0, 0.05) is 10.7 Å². The van der Waals surface area contributed by atoms with Crippen LogP contribution in [0.5, 0.6) is 5.75 Å². The molecule has 1 unspecified atom stereocenters. The van der Waals surface area contributed by atoms with Gasteiger partial charge in [-0.05, 0) is 28.9 Å². The number of hydrogen-bond acceptors (Lipinski definition) is 4. The van der Waals surface area contributed by atoms with Gasteiger partial charge >= 0.3 is 6.03 Å². The highest BCUT2D eigenvalue weighted by molar-refractivity contribution is 9.10. The number of primary amides is 1. The number of ether oxygens (including phenoxy) is 1. The minimum absolute atomic E-state index is 0.418. The largest absolute Gasteiger partial charge is 0.479 e. The Labute approximate surface area is 100 Å². The van der Waals surface area contributed by atoms with Crippen LogP contribution in [0.2, 0.25) is 0 Å². The van der Waals surface area contributed by atoms with Gasteiger partial charge < -0.3 is 10.5 Å². The molecule has 7 heteroatoms. The molecule has 1 heterocycles. The highest BCUT2D eigenvalue weighted by atomic mass is 79.9. The van der Waals surface area contributed by atoms with E-state index in [0.717, 1.165) is 4.47 Å². The van der Waals surface area contributed by atoms with Crippen molar-refractivity contribution in [3.05, 3.63) is 22.9 Å². The number of pyridine rings is 1. The van der Waals surface area contributed by atoms with Crippen molar-refractivity contribution < 1.29 is 14.3 Å². The lowest BCUT2D eigenvalue weighted by Crippen LogP contribution is -2.42. The van der Waals surface area contributed by atoms with Gasteiger partial charge in [-0.2, -0.15) is 0 Å². The fourth-order valence-corrected chi connectivity index (χ4v) is 1.28. The lowest BCUT2D eigenvalue weighted by Gasteiger charge is -2.12. The Kier molecular flexibility index (Phi) is 4.24. The van der Waals surface area contributed by atoms with E-state index in [0.29, 0.717) is 5.75 Å². The van der Waals surface area contributed by atoms with Crippen LogP contribution in [0.25, 0.3) is 0 Å². The molecule has 0 aromatic carbocycles. The zero-order valence-corrected chi connectivity index (χ0v) is 10.0. The fraction of sp³-hybridized carbons (Fsp3) is 0.222. The topological polar surface area (TPSA) is 94.3 Å². The van der Waals surface area contributed by atoms with E-state index in [-0.39, 0.29) is 0 Å². The summed E-state index contributed by atoms with van der Waals surface area (Å²) < 4.78 is 5.97. The zero-order chi connectivity index (χ0) is 12.1. The third kappa shape index (κ3) is 3.85. The summed E-state index contributed by atoms with van der Waals surface area (Å²) in [6, 6.07) is 0.744. The normalized spacial score (nSPS) is 11.6. The molecule has 0 bridgehead atoms. The first kappa shape index (κ1) is 12.4. The van der Waals surface area contributed by atoms with E-state index in [4.69, 9.17) is 10.5 Å². The number of hydrogen-bond donors (Lipinski definition) is 2. The third-order valence-electron chi connectivity index (χ3n) is 1.61. The van der Waals surface area contributed by atoms with Crippen LogP contribution in [0.3, 0.4) is 0 Å². The summed E-state index contributed by atoms with van der Waals surface area (Å²) in [6.45, 7) is 1.50. The summed E-state index contributed by atoms with van der Waals surface area (Å²) in [5.74, 6) is -0.186. The second kappa shape index (κ2) is 5.45. The van der Waals surface area contributed by atoms with Gasteiger partial charge in [0.25, 0.3) is 5.91 Å². The first-order valence-electron chi connectivity index (χ1n) is 4.36. The number of nitrogens with one attached hydrogen (secondary N) is 1. The standard InChI is InChI=1S/C9H10BrN3O3/c1-5(8(14)13-9(11)15)16-7-2-6(10)3-12-4-7/h2-5H,1H3,(H3,11,13,14,15). The van der Waals surface area contributed by atoms with Crippen molar-refractivity contribution in [2.45, 2.75) is 13.0 Å². The number of rotatable bonds is 3. The van der Waals surface area contributed by atoms with E-state index < -0.39 is 18.0 Å². The summed E-state index contributed by atoms with van der Waals surface area (Å²) in [5, 5.41) is 1.92. The predicted octanol–water partition coefficient (Wildman–Crippen LogP) is 0.806. The van der Waals surface area contributed by atoms with Crippen molar-refractivity contribution >= 4 is 27.9 Å². The van der Waals surface area contributed by atoms with Crippen LogP contribution in [0.15, 0.2) is 22.9 Å². The van der Waals surface area contributed by atoms with Crippen LogP contribution in [-0.2, 0) is 4.79 Å². The monoisotopic (exact) mass is 287 g/mol. The number of imide groups is 1. The molecule has 0 aliphatic heterocycles. The molecule has 6 nitrogen and oxygen atoms in total. The second-order valence-corrected chi connectivity index (χ2v) is 3.87. The highest BCUT2D eigenvalue weighted by Crippen LogP contribution is 2.16. The number of amides is 3. The average Bonchev–Trinajstić information content (AvgIpc) is 2.16. The van der Waals surface area contributed by atoms with E-state index >= 15 is 0 Å². The molecule has 3 N–H and O–H groups in total. The SMILES string of the molecule is CC(Oc1cncc(Br)c1)C(=O)NC(N)=O. The number of aromatic nitrogens is 1. The molecule has 1 rings (SSSR count). The summed E-state index contributed by atoms with van der Waals surface area (Å²) in [4.78, 5) is 25.6. The Balaban J connectivity index is 2.60. The van der Waals surface area contributed by atoms with E-state index in [1.54, 1.807) is 12.3 Å². The highest BCUT2D eigenvalue weighted by Gasteiger charge is 2.16. The number of halogens is 1. The molecule has 3 amide bonds. The van der Waals surface area contributed by atoms with Crippen molar-refractivity contribution in [1.29, 1.82) is 0 Å². The number of carbonyl (C=O) groups is 2. The molecule has 0 saturated carbocycles. The van der Waals surface area contributed by atoms with Gasteiger partial charge in [-0.3, -0.25) is 15.1 Å². The maximum absolute atomic E-state index is 11.3. The van der Waals surface area contributed by atoms with Crippen LogP contribution in [0.1, 0.15) is 6.92 Å². The van der Waals surface area contributed by atoms with Crippen molar-refractivity contribution in [1.82, 2.24) is 10.3 Å². The first-order valence-corrected chi connectivity index (χ1v) is 5.16. The average molecular weight is 288 g/mol. The van der Waals surface area contributed by atoms with Gasteiger partial charge in [-0.1, -0.05) is 0 Å². The maximum Gasteiger partial charge on any atom is 0.318 e. The quantitative estimate of drug-likeness (QED) is 0.860. The summed E-state index contributed by atoms with van der Waals surface area (Å²) >= 11 is 3.21. The molecule has 1 aromatic heterocycles. The van der Waals surface area contributed by atoms with Crippen molar-refractivity contribution in [2.24, 2.45) is 5.73 Å². The molecule has 0 radical (unpaired) electrons. The van der Waals surface area contributed by atoms with Crippen LogP contribution in [0.4, 0.5) is 4.79 Å². The van der Waals surface area contributed by atoms with Crippen LogP contribution in [-0.4, -0.2) is 23.0 Å². The molecule has 1 atom stereocenters. The van der Waals surface area contributed by atoms with Gasteiger partial charge in [0.2, 0.25) is 0 Å². The van der Waals surface area contributed by atoms with Crippen molar-refractivity contribution in [3.8, 4) is 5.75 Å². The van der Waals surface area contributed by atoms with Gasteiger partial charge in [-0.15, -0.1) is 0 Å². The molecule has 0 aliphatic rings. The van der Waals surface area contributed by atoms with Gasteiger partial charge in [0.15, 0.2) is 6.10 Å². The Morgan fingerprint density at radius 1 is 1.56 bits per heavy atom. The summed E-state index contributed by atoms with van der Waals surface area (Å²) in [6.07, 6.45) is 2.21. The predicted molar refractivity (Wildman–Crippen MR) is 59.8 cm³/mol. The van der Waals surface area contributed by atoms with E-state index in [1.807, 2.05) is 5.32 Å². The van der Waals surface area contributed by atoms with Crippen molar-refractivity contribution in [2.75, 3.05) is 0 Å². The molecule has 16 heavy (non-hydrogen) atoms. The number of urea groups is 1. The molecule has 86 valence electrons. The van der Waals surface area contributed by atoms with Crippen LogP contribution in [0, 0.1) is 0 Å². The molecule has 0 aliphatic carbocycles. The maximum atomic E-state index is 11.3. The lowest BCUT2D eigenvalue weighted by molar-refractivity contribution is -0.126. The van der Waals surface area contributed by atoms with E-state index in [2.05, 4.69) is 20.9 Å². The number of nitrogens with zero attached hydrogens (tertiary/aromatic N) is 1.